The molecule has 0 spiro atoms. The quantitative estimate of drug-likeness (QED) is 0.0768. The number of aromatic nitrogens is 1. The second-order valence-corrected chi connectivity index (χ2v) is 6.55. The normalized spacial score (nSPS) is 10.9. The molecule has 7 nitrogen and oxygen atoms in total. The zero-order chi connectivity index (χ0) is 19.8. The number of benzene rings is 3. The van der Waals surface area contributed by atoms with Crippen molar-refractivity contribution in [3.05, 3.63) is 53.4 Å². The topological polar surface area (TPSA) is 110 Å². The van der Waals surface area contributed by atoms with Crippen LogP contribution in [0.2, 0.25) is 0 Å². The van der Waals surface area contributed by atoms with Crippen molar-refractivity contribution in [3.63, 3.8) is 0 Å². The van der Waals surface area contributed by atoms with Gasteiger partial charge in [0, 0.05) is 22.5 Å². The summed E-state index contributed by atoms with van der Waals surface area (Å²) in [6.45, 7) is 5.54. The van der Waals surface area contributed by atoms with Crippen LogP contribution in [-0.4, -0.2) is 24.0 Å². The van der Waals surface area contributed by atoms with E-state index < -0.39 is 0 Å². The molecule has 0 bridgehead atoms. The molecule has 8 heteroatoms. The number of hydrogen-bond donors (Lipinski definition) is 3. The lowest BCUT2D eigenvalue weighted by Gasteiger charge is -2.11. The zero-order valence-corrected chi connectivity index (χ0v) is 17.0. The van der Waals surface area contributed by atoms with Crippen molar-refractivity contribution < 1.29 is 21.6 Å². The van der Waals surface area contributed by atoms with E-state index in [9.17, 15) is 4.79 Å². The van der Waals surface area contributed by atoms with E-state index in [2.05, 4.69) is 10.0 Å². The van der Waals surface area contributed by atoms with Gasteiger partial charge >= 0.3 is 0 Å². The van der Waals surface area contributed by atoms with Gasteiger partial charge in [-0.3, -0.25) is 10.2 Å². The van der Waals surface area contributed by atoms with E-state index in [1.54, 1.807) is 12.1 Å². The number of nitrogens with two attached hydrogens (primary N) is 2. The van der Waals surface area contributed by atoms with Gasteiger partial charge in [-0.25, -0.2) is 15.4 Å². The van der Waals surface area contributed by atoms with E-state index in [-0.39, 0.29) is 18.3 Å². The molecule has 0 atom stereocenters. The molecule has 5 N–H and O–H groups in total. The second kappa shape index (κ2) is 8.06. The fourth-order valence-electron chi connectivity index (χ4n) is 3.61. The van der Waals surface area contributed by atoms with Crippen LogP contribution in [0.3, 0.4) is 0 Å². The van der Waals surface area contributed by atoms with Crippen molar-refractivity contribution >= 4 is 33.5 Å². The molecule has 29 heavy (non-hydrogen) atoms. The molecule has 0 saturated heterocycles. The Kier molecular flexibility index (Phi) is 5.72. The van der Waals surface area contributed by atoms with Crippen molar-refractivity contribution in [1.29, 1.82) is 0 Å². The lowest BCUT2D eigenvalue weighted by molar-refractivity contribution is -0.0000144. The Hall–Kier alpha value is -3.16. The molecule has 0 radical (unpaired) electrons. The fraction of sp³-hybridized carbons (Fsp3) is 0.190. The minimum absolute atomic E-state index is 0. The van der Waals surface area contributed by atoms with Gasteiger partial charge in [-0.15, -0.1) is 0 Å². The molecule has 2 aliphatic rings. The van der Waals surface area contributed by atoms with Crippen molar-refractivity contribution in [1.82, 2.24) is 15.0 Å². The number of amides is 1. The highest BCUT2D eigenvalue weighted by Gasteiger charge is 2.21. The minimum Gasteiger partial charge on any atom is -1.00 e. The minimum atomic E-state index is -0.368. The summed E-state index contributed by atoms with van der Waals surface area (Å²) < 4.78 is 8.22. The number of nitrogens with zero attached hydrogens (tertiary/aromatic N) is 2. The predicted molar refractivity (Wildman–Crippen MR) is 111 cm³/mol. The first-order valence-electron chi connectivity index (χ1n) is 9.22. The molecule has 0 unspecified atom stereocenters. The number of carbonyl (C=O) groups excluding carboxylic acids is 1. The number of carbonyl (C=O) groups is 1. The third-order valence-electron chi connectivity index (χ3n) is 5.02. The fourth-order valence-corrected chi connectivity index (χ4v) is 3.61. The first-order valence-corrected chi connectivity index (χ1v) is 9.22. The van der Waals surface area contributed by atoms with Crippen LogP contribution in [0.1, 0.15) is 24.2 Å². The lowest BCUT2D eigenvalue weighted by atomic mass is 10.1. The van der Waals surface area contributed by atoms with E-state index in [1.807, 2.05) is 44.2 Å². The molecule has 1 aliphatic heterocycles. The number of hydrogen-bond acceptors (Lipinski definition) is 5. The molecular weight excluding hydrogens is 390 g/mol. The molecule has 0 aromatic heterocycles. The van der Waals surface area contributed by atoms with E-state index in [0.29, 0.717) is 33.8 Å². The molecule has 1 amide bonds. The van der Waals surface area contributed by atoms with Crippen LogP contribution in [0.25, 0.3) is 33.3 Å². The molecule has 2 aromatic carbocycles. The monoisotopic (exact) mass is 411 g/mol. The summed E-state index contributed by atoms with van der Waals surface area (Å²) in [7, 11) is 0. The number of nitrogen functional groups attached to an aromatic ring is 2. The van der Waals surface area contributed by atoms with Crippen LogP contribution in [0.5, 0.6) is 0 Å². The maximum atomic E-state index is 12.4. The number of hydrazine groups is 1. The highest BCUT2D eigenvalue weighted by Crippen LogP contribution is 2.32. The summed E-state index contributed by atoms with van der Waals surface area (Å²) in [5.74, 6) is 5.62. The summed E-state index contributed by atoms with van der Waals surface area (Å²) in [6.07, 6.45) is 0. The summed E-state index contributed by atoms with van der Waals surface area (Å²) >= 11 is 0. The molecule has 1 aliphatic carbocycles. The number of nitrogens with one attached hydrogen (secondary N) is 1. The molecule has 1 heterocycles. The van der Waals surface area contributed by atoms with Crippen LogP contribution < -0.4 is 39.3 Å². The van der Waals surface area contributed by atoms with Crippen molar-refractivity contribution in [2.24, 2.45) is 5.84 Å². The summed E-state index contributed by atoms with van der Waals surface area (Å²) in [5.41, 5.74) is 11.4. The first kappa shape index (κ1) is 20.6. The van der Waals surface area contributed by atoms with E-state index in [4.69, 9.17) is 21.0 Å². The molecule has 0 fully saturated rings. The smallest absolute Gasteiger partial charge is 0.271 e. The Labute approximate surface area is 173 Å². The Morgan fingerprint density at radius 2 is 1.83 bits per heavy atom. The Balaban J connectivity index is 0.00000240. The number of rotatable bonds is 3. The van der Waals surface area contributed by atoms with Gasteiger partial charge in [-0.05, 0) is 19.9 Å². The second-order valence-electron chi connectivity index (χ2n) is 6.55. The van der Waals surface area contributed by atoms with Crippen LogP contribution >= 0.6 is 0 Å². The molecule has 0 saturated carbocycles. The lowest BCUT2D eigenvalue weighted by Crippen LogP contribution is -3.00. The Bertz CT molecular complexity index is 1260. The van der Waals surface area contributed by atoms with Gasteiger partial charge in [0.05, 0.1) is 6.07 Å². The van der Waals surface area contributed by atoms with Gasteiger partial charge in [0.2, 0.25) is 5.36 Å². The van der Waals surface area contributed by atoms with Gasteiger partial charge in [0.25, 0.3) is 5.91 Å². The van der Waals surface area contributed by atoms with Gasteiger partial charge < -0.3 is 22.6 Å². The largest absolute Gasteiger partial charge is 1.00 e. The van der Waals surface area contributed by atoms with Crippen LogP contribution in [0, 0.1) is 0 Å². The van der Waals surface area contributed by atoms with Crippen molar-refractivity contribution in [3.8, 4) is 11.5 Å². The maximum absolute atomic E-state index is 12.4. The highest BCUT2D eigenvalue weighted by molar-refractivity contribution is 6.09. The first-order chi connectivity index (χ1) is 13.6. The number of fused-ring (bicyclic) bond motifs is 4. The number of halogens is 1. The summed E-state index contributed by atoms with van der Waals surface area (Å²) in [6, 6.07) is 13.1. The molecule has 4 rings (SSSR count). The average molecular weight is 412 g/mol. The summed E-state index contributed by atoms with van der Waals surface area (Å²) in [5, 5.41) is 2.57. The molecular formula is C21H22ClN5O2. The van der Waals surface area contributed by atoms with E-state index in [1.165, 1.54) is 0 Å². The number of anilines is 1. The van der Waals surface area contributed by atoms with Crippen LogP contribution in [0.15, 0.2) is 46.9 Å². The van der Waals surface area contributed by atoms with Gasteiger partial charge in [-0.1, -0.05) is 24.3 Å². The Morgan fingerprint density at radius 1 is 1.14 bits per heavy atom. The van der Waals surface area contributed by atoms with E-state index in [0.717, 1.165) is 29.2 Å². The average Bonchev–Trinajstić information content (AvgIpc) is 2.72. The maximum Gasteiger partial charge on any atom is 0.271 e. The molecule has 2 aromatic rings. The standard InChI is InChI=1S/C21H21N5O2.ClH/c1-3-26(4-2)17-11-18-16(9-14(17)21(27)25-23)24-20-13-8-6-5-7-12(13)15(22)10-19(20)28-18;/h5-11H,3-4H2,1-2H3,(H4,22,23,24,25,27);1H. The van der Waals surface area contributed by atoms with Crippen LogP contribution in [-0.2, 0) is 0 Å². The van der Waals surface area contributed by atoms with Gasteiger partial charge in [0.15, 0.2) is 11.3 Å². The zero-order valence-electron chi connectivity index (χ0n) is 16.2. The summed E-state index contributed by atoms with van der Waals surface area (Å²) in [4.78, 5) is 17.2. The van der Waals surface area contributed by atoms with Crippen molar-refractivity contribution in [2.75, 3.05) is 18.8 Å². The van der Waals surface area contributed by atoms with E-state index >= 15 is 0 Å². The third kappa shape index (κ3) is 3.39. The Morgan fingerprint density at radius 3 is 2.48 bits per heavy atom. The van der Waals surface area contributed by atoms with Gasteiger partial charge in [0.1, 0.15) is 29.9 Å². The SMILES string of the molecule is CC[N+](CC)=c1cc2oc3cc(N)c4ccccc4c3nc-2cc1C(=O)NN.[Cl-]. The van der Waals surface area contributed by atoms with Crippen molar-refractivity contribution in [2.45, 2.75) is 13.8 Å². The van der Waals surface area contributed by atoms with Crippen LogP contribution in [0.4, 0.5) is 5.69 Å². The van der Waals surface area contributed by atoms with Gasteiger partial charge in [-0.2, -0.15) is 0 Å². The highest BCUT2D eigenvalue weighted by atomic mass is 35.5. The predicted octanol–water partition coefficient (Wildman–Crippen LogP) is -0.912. The molecule has 150 valence electrons. The third-order valence-corrected chi connectivity index (χ3v) is 5.02.